The number of hydrogen-bond acceptors (Lipinski definition) is 5. The van der Waals surface area contributed by atoms with Crippen LogP contribution in [0.15, 0.2) is 108 Å². The second-order valence-electron chi connectivity index (χ2n) is 10.0. The highest BCUT2D eigenvalue weighted by Crippen LogP contribution is 2.61. The van der Waals surface area contributed by atoms with Gasteiger partial charge in [0.2, 0.25) is 5.91 Å². The molecule has 4 aromatic rings. The van der Waals surface area contributed by atoms with Gasteiger partial charge in [0, 0.05) is 21.8 Å². The Morgan fingerprint density at radius 3 is 2.26 bits per heavy atom. The molecule has 0 aliphatic carbocycles. The fraction of sp³-hybridized carbons (Fsp3) is 0.125. The topological polar surface area (TPSA) is 78.8 Å². The zero-order chi connectivity index (χ0) is 26.7. The molecule has 3 aliphatic heterocycles. The predicted octanol–water partition coefficient (Wildman–Crippen LogP) is 5.68. The summed E-state index contributed by atoms with van der Waals surface area (Å²) < 4.78 is 0. The number of nitrogens with zero attached hydrogens (tertiary/aromatic N) is 2. The highest BCUT2D eigenvalue weighted by molar-refractivity contribution is 6.30. The molecule has 7 heteroatoms. The van der Waals surface area contributed by atoms with Gasteiger partial charge in [-0.25, -0.2) is 0 Å². The Bertz CT molecular complexity index is 1680. The van der Waals surface area contributed by atoms with E-state index in [-0.39, 0.29) is 17.5 Å². The van der Waals surface area contributed by atoms with Crippen molar-refractivity contribution < 1.29 is 14.4 Å². The molecule has 0 aromatic heterocycles. The fourth-order valence-electron chi connectivity index (χ4n) is 6.54. The number of carbonyl (C=O) groups is 3. The van der Waals surface area contributed by atoms with Gasteiger partial charge < -0.3 is 5.32 Å². The van der Waals surface area contributed by atoms with Crippen LogP contribution in [-0.4, -0.2) is 34.7 Å². The van der Waals surface area contributed by atoms with E-state index in [2.05, 4.69) is 5.32 Å². The van der Waals surface area contributed by atoms with Gasteiger partial charge in [-0.15, -0.1) is 0 Å². The van der Waals surface area contributed by atoms with Crippen LogP contribution in [0.25, 0.3) is 0 Å². The summed E-state index contributed by atoms with van der Waals surface area (Å²) in [5.41, 5.74) is 2.45. The molecule has 3 heterocycles. The van der Waals surface area contributed by atoms with Crippen LogP contribution in [0.4, 0.5) is 5.69 Å². The summed E-state index contributed by atoms with van der Waals surface area (Å²) in [4.78, 5) is 43.3. The summed E-state index contributed by atoms with van der Waals surface area (Å²) >= 11 is 6.12. The van der Waals surface area contributed by atoms with Gasteiger partial charge in [-0.2, -0.15) is 5.10 Å². The summed E-state index contributed by atoms with van der Waals surface area (Å²) in [6.45, 7) is 0. The molecule has 1 saturated heterocycles. The molecule has 39 heavy (non-hydrogen) atoms. The lowest BCUT2D eigenvalue weighted by Crippen LogP contribution is -2.49. The maximum absolute atomic E-state index is 14.6. The Labute approximate surface area is 229 Å². The van der Waals surface area contributed by atoms with Crippen LogP contribution in [0.1, 0.15) is 43.4 Å². The summed E-state index contributed by atoms with van der Waals surface area (Å²) in [6, 6.07) is 28.9. The van der Waals surface area contributed by atoms with E-state index >= 15 is 0 Å². The molecule has 4 atom stereocenters. The van der Waals surface area contributed by atoms with E-state index < -0.39 is 23.4 Å². The van der Waals surface area contributed by atoms with E-state index in [4.69, 9.17) is 16.7 Å². The van der Waals surface area contributed by atoms with Crippen LogP contribution < -0.4 is 5.32 Å². The fourth-order valence-corrected chi connectivity index (χ4v) is 6.67. The predicted molar refractivity (Wildman–Crippen MR) is 149 cm³/mol. The van der Waals surface area contributed by atoms with Crippen molar-refractivity contribution in [2.75, 3.05) is 5.32 Å². The average molecular weight is 532 g/mol. The normalized spacial score (nSPS) is 24.2. The van der Waals surface area contributed by atoms with Gasteiger partial charge >= 0.3 is 0 Å². The Morgan fingerprint density at radius 1 is 0.795 bits per heavy atom. The van der Waals surface area contributed by atoms with Crippen molar-refractivity contribution in [1.29, 1.82) is 0 Å². The quantitative estimate of drug-likeness (QED) is 0.343. The molecule has 1 N–H and O–H groups in total. The maximum atomic E-state index is 14.6. The van der Waals surface area contributed by atoms with Crippen LogP contribution in [0.3, 0.4) is 0 Å². The van der Waals surface area contributed by atoms with Crippen molar-refractivity contribution in [3.63, 3.8) is 0 Å². The highest BCUT2D eigenvalue weighted by Gasteiger charge is 2.71. The average Bonchev–Trinajstić information content (AvgIpc) is 3.45. The number of hydrazone groups is 1. The second-order valence-corrected chi connectivity index (χ2v) is 10.5. The number of carbonyl (C=O) groups excluding carboxylic acids is 3. The van der Waals surface area contributed by atoms with E-state index in [1.807, 2.05) is 54.6 Å². The zero-order valence-electron chi connectivity index (χ0n) is 20.6. The van der Waals surface area contributed by atoms with Crippen LogP contribution in [0, 0.1) is 5.92 Å². The number of anilines is 1. The van der Waals surface area contributed by atoms with Gasteiger partial charge in [0.25, 0.3) is 0 Å². The third-order valence-corrected chi connectivity index (χ3v) is 8.39. The lowest BCUT2D eigenvalue weighted by Gasteiger charge is -2.37. The van der Waals surface area contributed by atoms with Gasteiger partial charge in [-0.05, 0) is 47.0 Å². The Morgan fingerprint density at radius 2 is 1.46 bits per heavy atom. The molecule has 0 bridgehead atoms. The summed E-state index contributed by atoms with van der Waals surface area (Å²) in [5.74, 6) is -1.94. The molecule has 7 rings (SSSR count). The smallest absolute Gasteiger partial charge is 0.238 e. The first-order chi connectivity index (χ1) is 19.0. The van der Waals surface area contributed by atoms with Gasteiger partial charge in [0.15, 0.2) is 11.6 Å². The molecule has 190 valence electrons. The number of nitrogens with one attached hydrogen (secondary N) is 1. The first-order valence-corrected chi connectivity index (χ1v) is 13.1. The molecular weight excluding hydrogens is 510 g/mol. The summed E-state index contributed by atoms with van der Waals surface area (Å²) in [7, 11) is 0. The zero-order valence-corrected chi connectivity index (χ0v) is 21.4. The lowest BCUT2D eigenvalue weighted by molar-refractivity contribution is -0.122. The number of Topliss-reactive ketones (excluding diaryl/α,β-unsaturated/α-hetero) is 2. The number of ketones is 2. The van der Waals surface area contributed by atoms with Crippen molar-refractivity contribution in [2.24, 2.45) is 11.0 Å². The molecule has 0 radical (unpaired) electrons. The summed E-state index contributed by atoms with van der Waals surface area (Å²) in [6.07, 6.45) is 1.70. The molecule has 0 saturated carbocycles. The molecule has 4 aromatic carbocycles. The number of para-hydroxylation sites is 1. The van der Waals surface area contributed by atoms with Crippen LogP contribution >= 0.6 is 11.6 Å². The number of hydrogen-bond donors (Lipinski definition) is 1. The van der Waals surface area contributed by atoms with Gasteiger partial charge in [0.1, 0.15) is 11.5 Å². The number of amides is 1. The third kappa shape index (κ3) is 3.28. The second kappa shape index (κ2) is 8.75. The van der Waals surface area contributed by atoms with Crippen molar-refractivity contribution in [3.05, 3.63) is 136 Å². The standard InChI is InChI=1S/C32H22ClN3O3/c33-22-16-14-20(15-17-22)29(38)27-26(28(37)19-8-2-1-3-9-19)32(24-12-6-7-13-25(24)35-31(32)39)30-23-11-5-4-10-21(23)18-34-36(27)30/h1-18,26-27,30H,(H,35,39)/t26-,27+,30+,32+/m1/s1. The number of fused-ring (bicyclic) bond motifs is 6. The van der Waals surface area contributed by atoms with Crippen LogP contribution in [0.5, 0.6) is 0 Å². The van der Waals surface area contributed by atoms with Crippen molar-refractivity contribution in [1.82, 2.24) is 5.01 Å². The number of benzene rings is 4. The molecule has 0 unspecified atom stereocenters. The van der Waals surface area contributed by atoms with Gasteiger partial charge in [-0.1, -0.05) is 84.4 Å². The highest BCUT2D eigenvalue weighted by atomic mass is 35.5. The number of rotatable bonds is 4. The Kier molecular flexibility index (Phi) is 5.28. The van der Waals surface area contributed by atoms with Crippen LogP contribution in [-0.2, 0) is 10.2 Å². The first kappa shape index (κ1) is 23.6. The van der Waals surface area contributed by atoms with Gasteiger partial charge in [-0.3, -0.25) is 19.4 Å². The number of halogens is 1. The minimum atomic E-state index is -1.40. The largest absolute Gasteiger partial charge is 0.325 e. The van der Waals surface area contributed by atoms with Crippen molar-refractivity contribution in [3.8, 4) is 0 Å². The molecule has 1 fully saturated rings. The molecule has 6 nitrogen and oxygen atoms in total. The van der Waals surface area contributed by atoms with E-state index in [0.29, 0.717) is 27.4 Å². The van der Waals surface area contributed by atoms with Gasteiger partial charge in [0.05, 0.1) is 18.2 Å². The summed E-state index contributed by atoms with van der Waals surface area (Å²) in [5, 5.41) is 9.98. The van der Waals surface area contributed by atoms with E-state index in [1.54, 1.807) is 59.8 Å². The minimum absolute atomic E-state index is 0.281. The van der Waals surface area contributed by atoms with Crippen molar-refractivity contribution in [2.45, 2.75) is 17.5 Å². The van der Waals surface area contributed by atoms with E-state index in [1.165, 1.54) is 0 Å². The van der Waals surface area contributed by atoms with Crippen LogP contribution in [0.2, 0.25) is 5.02 Å². The van der Waals surface area contributed by atoms with Crippen molar-refractivity contribution >= 4 is 41.0 Å². The molecule has 3 aliphatic rings. The SMILES string of the molecule is O=C(c1ccc(Cl)cc1)[C@@H]1[C@H](C(=O)c2ccccc2)[C@]2(C(=O)Nc3ccccc32)[C@@H]2c3ccccc3C=NN12. The first-order valence-electron chi connectivity index (χ1n) is 12.7. The molecule has 1 spiro atoms. The van der Waals surface area contributed by atoms with E-state index in [9.17, 15) is 14.4 Å². The monoisotopic (exact) mass is 531 g/mol. The lowest BCUT2D eigenvalue weighted by atomic mass is 9.62. The minimum Gasteiger partial charge on any atom is -0.325 e. The molecule has 1 amide bonds. The third-order valence-electron chi connectivity index (χ3n) is 8.14. The Hall–Kier alpha value is -4.55. The van der Waals surface area contributed by atoms with E-state index in [0.717, 1.165) is 11.1 Å². The Balaban J connectivity index is 1.54. The maximum Gasteiger partial charge on any atom is 0.238 e. The molecular formula is C32H22ClN3O3.